The fraction of sp³-hybridized carbons (Fsp3) is 0.462. The molecule has 0 amide bonds. The summed E-state index contributed by atoms with van der Waals surface area (Å²) in [5.41, 5.74) is 1.06. The Labute approximate surface area is 107 Å². The SMILES string of the molecule is CCNc1nc(C)cn1C(C)c1ccc(C)s1. The van der Waals surface area contributed by atoms with Crippen molar-refractivity contribution in [1.82, 2.24) is 9.55 Å². The van der Waals surface area contributed by atoms with Gasteiger partial charge < -0.3 is 9.88 Å². The molecule has 2 heterocycles. The summed E-state index contributed by atoms with van der Waals surface area (Å²) in [4.78, 5) is 7.24. The maximum absolute atomic E-state index is 4.51. The summed E-state index contributed by atoms with van der Waals surface area (Å²) in [6.07, 6.45) is 2.11. The standard InChI is InChI=1S/C13H19N3S/c1-5-14-13-15-9(2)8-16(13)11(4)12-7-6-10(3)17-12/h6-8,11H,5H2,1-4H3,(H,14,15). The molecular weight excluding hydrogens is 230 g/mol. The molecule has 0 aromatic carbocycles. The van der Waals surface area contributed by atoms with Crippen LogP contribution in [0.3, 0.4) is 0 Å². The van der Waals surface area contributed by atoms with Crippen LogP contribution in [-0.2, 0) is 0 Å². The zero-order valence-electron chi connectivity index (χ0n) is 10.8. The molecule has 1 N–H and O–H groups in total. The maximum atomic E-state index is 4.51. The highest BCUT2D eigenvalue weighted by Crippen LogP contribution is 2.28. The summed E-state index contributed by atoms with van der Waals surface area (Å²) in [5, 5.41) is 3.31. The molecular formula is C13H19N3S. The van der Waals surface area contributed by atoms with Crippen LogP contribution in [0.1, 0.15) is 35.3 Å². The summed E-state index contributed by atoms with van der Waals surface area (Å²) in [6.45, 7) is 9.38. The topological polar surface area (TPSA) is 29.9 Å². The van der Waals surface area contributed by atoms with E-state index in [0.29, 0.717) is 6.04 Å². The molecule has 0 aliphatic carbocycles. The molecule has 92 valence electrons. The normalized spacial score (nSPS) is 12.7. The maximum Gasteiger partial charge on any atom is 0.203 e. The molecule has 1 atom stereocenters. The Morgan fingerprint density at radius 3 is 2.76 bits per heavy atom. The van der Waals surface area contributed by atoms with E-state index in [1.54, 1.807) is 0 Å². The van der Waals surface area contributed by atoms with Crippen LogP contribution in [0.4, 0.5) is 5.95 Å². The molecule has 2 rings (SSSR count). The van der Waals surface area contributed by atoms with E-state index in [1.165, 1.54) is 9.75 Å². The van der Waals surface area contributed by atoms with Gasteiger partial charge >= 0.3 is 0 Å². The predicted octanol–water partition coefficient (Wildman–Crippen LogP) is 3.60. The van der Waals surface area contributed by atoms with Gasteiger partial charge in [0.05, 0.1) is 11.7 Å². The Balaban J connectivity index is 2.32. The fourth-order valence-corrected chi connectivity index (χ4v) is 2.84. The molecule has 2 aromatic rings. The van der Waals surface area contributed by atoms with Gasteiger partial charge in [0.1, 0.15) is 0 Å². The number of nitrogens with one attached hydrogen (secondary N) is 1. The Bertz CT molecular complexity index is 498. The number of hydrogen-bond acceptors (Lipinski definition) is 3. The first-order chi connectivity index (χ1) is 8.11. The van der Waals surface area contributed by atoms with E-state index in [4.69, 9.17) is 0 Å². The van der Waals surface area contributed by atoms with Crippen molar-refractivity contribution in [3.63, 3.8) is 0 Å². The smallest absolute Gasteiger partial charge is 0.203 e. The molecule has 3 nitrogen and oxygen atoms in total. The van der Waals surface area contributed by atoms with Crippen molar-refractivity contribution in [3.8, 4) is 0 Å². The highest BCUT2D eigenvalue weighted by atomic mass is 32.1. The highest BCUT2D eigenvalue weighted by molar-refractivity contribution is 7.12. The Kier molecular flexibility index (Phi) is 3.52. The molecule has 0 aliphatic rings. The lowest BCUT2D eigenvalue weighted by atomic mass is 10.2. The highest BCUT2D eigenvalue weighted by Gasteiger charge is 2.14. The van der Waals surface area contributed by atoms with E-state index < -0.39 is 0 Å². The van der Waals surface area contributed by atoms with Crippen molar-refractivity contribution < 1.29 is 0 Å². The Morgan fingerprint density at radius 2 is 2.18 bits per heavy atom. The lowest BCUT2D eigenvalue weighted by Crippen LogP contribution is -2.10. The van der Waals surface area contributed by atoms with Gasteiger partial charge in [-0.2, -0.15) is 0 Å². The third-order valence-corrected chi connectivity index (χ3v) is 3.95. The third kappa shape index (κ3) is 2.52. The van der Waals surface area contributed by atoms with Crippen molar-refractivity contribution >= 4 is 17.3 Å². The number of thiophene rings is 1. The van der Waals surface area contributed by atoms with Crippen molar-refractivity contribution in [2.24, 2.45) is 0 Å². The van der Waals surface area contributed by atoms with Gasteiger partial charge in [-0.1, -0.05) is 0 Å². The largest absolute Gasteiger partial charge is 0.356 e. The van der Waals surface area contributed by atoms with E-state index in [9.17, 15) is 0 Å². The third-order valence-electron chi connectivity index (χ3n) is 2.78. The van der Waals surface area contributed by atoms with Crippen LogP contribution in [0.2, 0.25) is 0 Å². The summed E-state index contributed by atoms with van der Waals surface area (Å²) in [5.74, 6) is 0.962. The van der Waals surface area contributed by atoms with Gasteiger partial charge in [0, 0.05) is 22.5 Å². The van der Waals surface area contributed by atoms with E-state index in [0.717, 1.165) is 18.2 Å². The first-order valence-electron chi connectivity index (χ1n) is 5.97. The van der Waals surface area contributed by atoms with Crippen LogP contribution in [0.15, 0.2) is 18.3 Å². The van der Waals surface area contributed by atoms with Crippen molar-refractivity contribution in [3.05, 3.63) is 33.8 Å². The molecule has 1 unspecified atom stereocenters. The van der Waals surface area contributed by atoms with Crippen LogP contribution in [-0.4, -0.2) is 16.1 Å². The van der Waals surface area contributed by atoms with Gasteiger partial charge in [0.2, 0.25) is 5.95 Å². The zero-order valence-corrected chi connectivity index (χ0v) is 11.6. The van der Waals surface area contributed by atoms with E-state index in [-0.39, 0.29) is 0 Å². The van der Waals surface area contributed by atoms with Crippen LogP contribution >= 0.6 is 11.3 Å². The number of hydrogen-bond donors (Lipinski definition) is 1. The van der Waals surface area contributed by atoms with E-state index >= 15 is 0 Å². The minimum absolute atomic E-state index is 0.337. The van der Waals surface area contributed by atoms with Gasteiger partial charge in [0.25, 0.3) is 0 Å². The Morgan fingerprint density at radius 1 is 1.41 bits per heavy atom. The molecule has 0 bridgehead atoms. The minimum Gasteiger partial charge on any atom is -0.356 e. The molecule has 0 spiro atoms. The molecule has 4 heteroatoms. The predicted molar refractivity (Wildman–Crippen MR) is 74.0 cm³/mol. The van der Waals surface area contributed by atoms with Gasteiger partial charge in [-0.3, -0.25) is 0 Å². The van der Waals surface area contributed by atoms with Crippen molar-refractivity contribution in [2.75, 3.05) is 11.9 Å². The number of aryl methyl sites for hydroxylation is 2. The summed E-state index contributed by atoms with van der Waals surface area (Å²) < 4.78 is 2.21. The first kappa shape index (κ1) is 12.2. The zero-order chi connectivity index (χ0) is 12.4. The quantitative estimate of drug-likeness (QED) is 0.897. The van der Waals surface area contributed by atoms with Crippen LogP contribution in [0.25, 0.3) is 0 Å². The number of rotatable bonds is 4. The number of anilines is 1. The van der Waals surface area contributed by atoms with Gasteiger partial charge in [-0.15, -0.1) is 11.3 Å². The molecule has 0 radical (unpaired) electrons. The minimum atomic E-state index is 0.337. The van der Waals surface area contributed by atoms with Crippen LogP contribution in [0.5, 0.6) is 0 Å². The summed E-state index contributed by atoms with van der Waals surface area (Å²) >= 11 is 1.85. The number of aromatic nitrogens is 2. The second kappa shape index (κ2) is 4.92. The molecule has 0 fully saturated rings. The molecule has 0 saturated heterocycles. The summed E-state index contributed by atoms with van der Waals surface area (Å²) in [6, 6.07) is 4.71. The number of imidazole rings is 1. The van der Waals surface area contributed by atoms with Crippen LogP contribution < -0.4 is 5.32 Å². The molecule has 0 saturated carbocycles. The monoisotopic (exact) mass is 249 g/mol. The first-order valence-corrected chi connectivity index (χ1v) is 6.79. The average molecular weight is 249 g/mol. The van der Waals surface area contributed by atoms with Crippen molar-refractivity contribution in [2.45, 2.75) is 33.7 Å². The van der Waals surface area contributed by atoms with Gasteiger partial charge in [-0.25, -0.2) is 4.98 Å². The summed E-state index contributed by atoms with van der Waals surface area (Å²) in [7, 11) is 0. The second-order valence-electron chi connectivity index (χ2n) is 4.27. The van der Waals surface area contributed by atoms with Crippen molar-refractivity contribution in [1.29, 1.82) is 0 Å². The average Bonchev–Trinajstić information content (AvgIpc) is 2.85. The van der Waals surface area contributed by atoms with Gasteiger partial charge in [0.15, 0.2) is 0 Å². The molecule has 0 aliphatic heterocycles. The van der Waals surface area contributed by atoms with E-state index in [2.05, 4.69) is 54.0 Å². The Hall–Kier alpha value is -1.29. The molecule has 2 aromatic heterocycles. The second-order valence-corrected chi connectivity index (χ2v) is 5.59. The number of nitrogens with zero attached hydrogens (tertiary/aromatic N) is 2. The fourth-order valence-electron chi connectivity index (χ4n) is 1.92. The lowest BCUT2D eigenvalue weighted by Gasteiger charge is -2.15. The van der Waals surface area contributed by atoms with Crippen LogP contribution in [0, 0.1) is 13.8 Å². The lowest BCUT2D eigenvalue weighted by molar-refractivity contribution is 0.654. The molecule has 17 heavy (non-hydrogen) atoms. The van der Waals surface area contributed by atoms with Gasteiger partial charge in [-0.05, 0) is 39.8 Å². The van der Waals surface area contributed by atoms with E-state index in [1.807, 2.05) is 18.3 Å².